The highest BCUT2D eigenvalue weighted by Crippen LogP contribution is 2.27. The fourth-order valence-corrected chi connectivity index (χ4v) is 2.21. The molecule has 0 aliphatic carbocycles. The first-order chi connectivity index (χ1) is 8.88. The normalized spacial score (nSPS) is 21.2. The van der Waals surface area contributed by atoms with Crippen molar-refractivity contribution < 1.29 is 13.2 Å². The first-order valence-electron chi connectivity index (χ1n) is 6.34. The third-order valence-electron chi connectivity index (χ3n) is 3.33. The van der Waals surface area contributed by atoms with Crippen LogP contribution in [0.15, 0.2) is 37.0 Å². The van der Waals surface area contributed by atoms with E-state index in [-0.39, 0.29) is 11.6 Å². The number of hydrogen-bond donors (Lipinski definition) is 1. The second-order valence-electron chi connectivity index (χ2n) is 4.83. The molecule has 0 spiro atoms. The van der Waals surface area contributed by atoms with Crippen molar-refractivity contribution in [2.75, 3.05) is 20.1 Å². The third-order valence-corrected chi connectivity index (χ3v) is 3.33. The molecule has 19 heavy (non-hydrogen) atoms. The Morgan fingerprint density at radius 1 is 1.32 bits per heavy atom. The van der Waals surface area contributed by atoms with Gasteiger partial charge in [-0.1, -0.05) is 31.4 Å². The number of halogens is 3. The van der Waals surface area contributed by atoms with E-state index in [1.165, 1.54) is 18.2 Å². The number of nitrogens with one attached hydrogen (secondary N) is 1. The topological polar surface area (TPSA) is 15.3 Å². The lowest BCUT2D eigenvalue weighted by atomic mass is 10.0. The Kier molecular flexibility index (Phi) is 5.82. The minimum Gasteiger partial charge on any atom is -0.306 e. The lowest BCUT2D eigenvalue weighted by Crippen LogP contribution is -2.51. The van der Waals surface area contributed by atoms with Crippen LogP contribution in [-0.2, 0) is 0 Å². The molecule has 1 saturated heterocycles. The second-order valence-corrected chi connectivity index (χ2v) is 4.83. The summed E-state index contributed by atoms with van der Waals surface area (Å²) in [4.78, 5) is 2.12. The van der Waals surface area contributed by atoms with Gasteiger partial charge >= 0.3 is 6.18 Å². The minimum absolute atomic E-state index is 0.112. The zero-order chi connectivity index (χ0) is 14.5. The summed E-state index contributed by atoms with van der Waals surface area (Å²) in [5, 5.41) is 2.71. The molecule has 1 unspecified atom stereocenters. The van der Waals surface area contributed by atoms with Crippen molar-refractivity contribution >= 4 is 0 Å². The number of nitrogens with zero attached hydrogens (tertiary/aromatic N) is 1. The Labute approximate surface area is 112 Å². The highest BCUT2D eigenvalue weighted by molar-refractivity contribution is 5.28. The van der Waals surface area contributed by atoms with E-state index in [2.05, 4.69) is 23.4 Å². The molecule has 0 radical (unpaired) electrons. The van der Waals surface area contributed by atoms with Crippen molar-refractivity contribution in [3.8, 4) is 0 Å². The number of piperidine rings is 1. The highest BCUT2D eigenvalue weighted by atomic mass is 19.4. The van der Waals surface area contributed by atoms with Gasteiger partial charge in [-0.3, -0.25) is 5.32 Å². The quantitative estimate of drug-likeness (QED) is 0.776. The molecule has 0 aromatic carbocycles. The molecular formula is C14H21F3N2. The SMILES string of the molecule is C=C/C=C(\C=C)C(NC1CCN(C)CC1)C(F)(F)F. The average molecular weight is 274 g/mol. The van der Waals surface area contributed by atoms with Crippen LogP contribution in [0, 0.1) is 0 Å². The number of rotatable bonds is 5. The Bertz CT molecular complexity index is 339. The number of allylic oxidation sites excluding steroid dienone is 2. The van der Waals surface area contributed by atoms with Crippen LogP contribution in [0.4, 0.5) is 13.2 Å². The summed E-state index contributed by atoms with van der Waals surface area (Å²) >= 11 is 0. The van der Waals surface area contributed by atoms with Gasteiger partial charge in [0.25, 0.3) is 0 Å². The van der Waals surface area contributed by atoms with Crippen molar-refractivity contribution in [2.45, 2.75) is 31.1 Å². The molecule has 1 fully saturated rings. The Morgan fingerprint density at radius 3 is 2.32 bits per heavy atom. The van der Waals surface area contributed by atoms with E-state index in [0.29, 0.717) is 0 Å². The van der Waals surface area contributed by atoms with E-state index in [4.69, 9.17) is 0 Å². The smallest absolute Gasteiger partial charge is 0.306 e. The van der Waals surface area contributed by atoms with Crippen LogP contribution in [0.5, 0.6) is 0 Å². The second kappa shape index (κ2) is 6.91. The standard InChI is InChI=1S/C14H21F3N2/c1-4-6-11(5-2)13(14(15,16)17)18-12-7-9-19(3)10-8-12/h4-6,12-13,18H,1-2,7-10H2,3H3/b11-6+. The predicted octanol–water partition coefficient (Wildman–Crippen LogP) is 2.90. The zero-order valence-corrected chi connectivity index (χ0v) is 11.2. The molecule has 0 bridgehead atoms. The molecule has 0 aromatic rings. The van der Waals surface area contributed by atoms with Gasteiger partial charge in [0.15, 0.2) is 0 Å². The zero-order valence-electron chi connectivity index (χ0n) is 11.2. The average Bonchev–Trinajstić information content (AvgIpc) is 2.34. The molecule has 1 aliphatic heterocycles. The number of alkyl halides is 3. The third kappa shape index (κ3) is 4.84. The van der Waals surface area contributed by atoms with Gasteiger partial charge in [-0.2, -0.15) is 13.2 Å². The highest BCUT2D eigenvalue weighted by Gasteiger charge is 2.42. The summed E-state index contributed by atoms with van der Waals surface area (Å²) < 4.78 is 39.3. The van der Waals surface area contributed by atoms with Gasteiger partial charge in [-0.25, -0.2) is 0 Å². The van der Waals surface area contributed by atoms with Crippen LogP contribution < -0.4 is 5.32 Å². The largest absolute Gasteiger partial charge is 0.407 e. The van der Waals surface area contributed by atoms with Crippen molar-refractivity contribution in [1.82, 2.24) is 10.2 Å². The summed E-state index contributed by atoms with van der Waals surface area (Å²) in [7, 11) is 1.98. The summed E-state index contributed by atoms with van der Waals surface area (Å²) in [5.41, 5.74) is 0.112. The molecule has 1 N–H and O–H groups in total. The molecule has 1 rings (SSSR count). The Morgan fingerprint density at radius 2 is 1.89 bits per heavy atom. The Balaban J connectivity index is 2.78. The first-order valence-corrected chi connectivity index (χ1v) is 6.34. The van der Waals surface area contributed by atoms with Crippen molar-refractivity contribution in [1.29, 1.82) is 0 Å². The van der Waals surface area contributed by atoms with Crippen LogP contribution in [0.1, 0.15) is 12.8 Å². The van der Waals surface area contributed by atoms with Gasteiger partial charge in [0.1, 0.15) is 6.04 Å². The molecule has 2 nitrogen and oxygen atoms in total. The molecule has 1 heterocycles. The molecule has 1 atom stereocenters. The van der Waals surface area contributed by atoms with Gasteiger partial charge in [-0.05, 0) is 38.6 Å². The fourth-order valence-electron chi connectivity index (χ4n) is 2.21. The van der Waals surface area contributed by atoms with Gasteiger partial charge in [0.05, 0.1) is 0 Å². The van der Waals surface area contributed by atoms with E-state index < -0.39 is 12.2 Å². The lowest BCUT2D eigenvalue weighted by molar-refractivity contribution is -0.148. The van der Waals surface area contributed by atoms with Gasteiger partial charge in [0, 0.05) is 6.04 Å². The maximum Gasteiger partial charge on any atom is 0.407 e. The van der Waals surface area contributed by atoms with Crippen molar-refractivity contribution in [3.05, 3.63) is 37.0 Å². The molecule has 0 saturated carbocycles. The van der Waals surface area contributed by atoms with Crippen molar-refractivity contribution in [2.24, 2.45) is 0 Å². The van der Waals surface area contributed by atoms with E-state index in [1.54, 1.807) is 0 Å². The lowest BCUT2D eigenvalue weighted by Gasteiger charge is -2.33. The van der Waals surface area contributed by atoms with E-state index in [0.717, 1.165) is 25.9 Å². The van der Waals surface area contributed by atoms with E-state index >= 15 is 0 Å². The molecule has 0 amide bonds. The van der Waals surface area contributed by atoms with Crippen LogP contribution in [0.25, 0.3) is 0 Å². The van der Waals surface area contributed by atoms with E-state index in [9.17, 15) is 13.2 Å². The van der Waals surface area contributed by atoms with Crippen molar-refractivity contribution in [3.63, 3.8) is 0 Å². The van der Waals surface area contributed by atoms with Crippen LogP contribution in [0.2, 0.25) is 0 Å². The minimum atomic E-state index is -4.33. The summed E-state index contributed by atoms with van der Waals surface area (Å²) in [6.07, 6.45) is 1.07. The maximum absolute atomic E-state index is 13.1. The number of likely N-dealkylation sites (tertiary alicyclic amines) is 1. The summed E-state index contributed by atoms with van der Waals surface area (Å²) in [5.74, 6) is 0. The Hall–Kier alpha value is -1.07. The van der Waals surface area contributed by atoms with Gasteiger partial charge in [-0.15, -0.1) is 0 Å². The van der Waals surface area contributed by atoms with Gasteiger partial charge < -0.3 is 4.90 Å². The fraction of sp³-hybridized carbons (Fsp3) is 0.571. The summed E-state index contributed by atoms with van der Waals surface area (Å²) in [6, 6.07) is -1.78. The first kappa shape index (κ1) is 16.0. The molecule has 5 heteroatoms. The van der Waals surface area contributed by atoms with E-state index in [1.807, 2.05) is 7.05 Å². The van der Waals surface area contributed by atoms with Crippen LogP contribution in [0.3, 0.4) is 0 Å². The molecule has 0 aromatic heterocycles. The predicted molar refractivity (Wildman–Crippen MR) is 72.0 cm³/mol. The van der Waals surface area contributed by atoms with Gasteiger partial charge in [0.2, 0.25) is 0 Å². The van der Waals surface area contributed by atoms with Crippen LogP contribution >= 0.6 is 0 Å². The van der Waals surface area contributed by atoms with Crippen LogP contribution in [-0.4, -0.2) is 43.3 Å². The monoisotopic (exact) mass is 274 g/mol. The molecule has 1 aliphatic rings. The number of hydrogen-bond acceptors (Lipinski definition) is 2. The molecule has 108 valence electrons. The summed E-state index contributed by atoms with van der Waals surface area (Å²) in [6.45, 7) is 8.53. The molecular weight excluding hydrogens is 253 g/mol. The maximum atomic E-state index is 13.1.